The second-order valence-corrected chi connectivity index (χ2v) is 5.91. The van der Waals surface area contributed by atoms with Gasteiger partial charge in [0, 0.05) is 13.0 Å². The average Bonchev–Trinajstić information content (AvgIpc) is 2.88. The van der Waals surface area contributed by atoms with E-state index < -0.39 is 4.92 Å². The molecule has 1 aromatic heterocycles. The summed E-state index contributed by atoms with van der Waals surface area (Å²) in [6.07, 6.45) is 5.23. The summed E-state index contributed by atoms with van der Waals surface area (Å²) in [6, 6.07) is 4.38. The molecule has 0 unspecified atom stereocenters. The molecule has 9 heteroatoms. The summed E-state index contributed by atoms with van der Waals surface area (Å²) in [4.78, 5) is 10.7. The van der Waals surface area contributed by atoms with E-state index in [0.717, 1.165) is 37.6 Å². The molecule has 0 aliphatic carbocycles. The van der Waals surface area contributed by atoms with Gasteiger partial charge in [-0.25, -0.2) is 0 Å². The van der Waals surface area contributed by atoms with Crippen molar-refractivity contribution in [2.75, 3.05) is 7.11 Å². The van der Waals surface area contributed by atoms with Crippen LogP contribution in [0, 0.1) is 21.4 Å². The Hall–Kier alpha value is -3.41. The van der Waals surface area contributed by atoms with Crippen molar-refractivity contribution in [1.29, 1.82) is 5.26 Å². The molecule has 0 amide bonds. The number of aromatic hydroxyl groups is 1. The minimum atomic E-state index is -0.621. The molecule has 1 aromatic carbocycles. The lowest BCUT2D eigenvalue weighted by Gasteiger charge is -2.07. The van der Waals surface area contributed by atoms with Crippen molar-refractivity contribution in [1.82, 2.24) is 14.8 Å². The minimum absolute atomic E-state index is 0.0826. The number of rotatable bonds is 4. The van der Waals surface area contributed by atoms with E-state index in [1.807, 2.05) is 4.57 Å². The van der Waals surface area contributed by atoms with Crippen LogP contribution in [0.15, 0.2) is 12.1 Å². The highest BCUT2D eigenvalue weighted by Crippen LogP contribution is 2.35. The second-order valence-electron chi connectivity index (χ2n) is 5.91. The van der Waals surface area contributed by atoms with Crippen LogP contribution >= 0.6 is 0 Å². The Morgan fingerprint density at radius 3 is 2.92 bits per heavy atom. The predicted octanol–water partition coefficient (Wildman–Crippen LogP) is 2.69. The summed E-state index contributed by atoms with van der Waals surface area (Å²) in [5.74, 6) is 0.951. The zero-order chi connectivity index (χ0) is 18.7. The molecule has 1 N–H and O–H groups in total. The van der Waals surface area contributed by atoms with Crippen LogP contribution in [0.5, 0.6) is 11.5 Å². The third kappa shape index (κ3) is 3.21. The van der Waals surface area contributed by atoms with E-state index in [2.05, 4.69) is 16.3 Å². The summed E-state index contributed by atoms with van der Waals surface area (Å²) >= 11 is 0. The number of nitrogens with zero attached hydrogens (tertiary/aromatic N) is 5. The number of allylic oxidation sites excluding steroid dienone is 1. The molecule has 134 valence electrons. The van der Waals surface area contributed by atoms with Crippen molar-refractivity contribution < 1.29 is 14.8 Å². The molecule has 1 aliphatic rings. The lowest BCUT2D eigenvalue weighted by atomic mass is 10.1. The molecule has 1 aliphatic heterocycles. The van der Waals surface area contributed by atoms with E-state index in [1.165, 1.54) is 19.3 Å². The molecule has 0 fully saturated rings. The van der Waals surface area contributed by atoms with Gasteiger partial charge >= 0.3 is 0 Å². The number of hydrogen-bond acceptors (Lipinski definition) is 7. The standard InChI is InChI=1S/C17H17N5O4/c1-26-15-8-11(13(22(24)25)9-14(15)23)7-12(10-18)17-20-19-16-5-3-2-4-6-21(16)17/h7-9,23H,2-6H2,1H3. The number of benzene rings is 1. The van der Waals surface area contributed by atoms with Crippen LogP contribution in [0.25, 0.3) is 11.6 Å². The topological polar surface area (TPSA) is 127 Å². The smallest absolute Gasteiger partial charge is 0.280 e. The Morgan fingerprint density at radius 1 is 1.42 bits per heavy atom. The Morgan fingerprint density at radius 2 is 2.23 bits per heavy atom. The molecule has 0 spiro atoms. The maximum atomic E-state index is 11.3. The van der Waals surface area contributed by atoms with Gasteiger partial charge in [-0.05, 0) is 25.0 Å². The molecule has 26 heavy (non-hydrogen) atoms. The zero-order valence-electron chi connectivity index (χ0n) is 14.2. The van der Waals surface area contributed by atoms with Crippen molar-refractivity contribution in [3.8, 4) is 17.6 Å². The molecular formula is C17H17N5O4. The lowest BCUT2D eigenvalue weighted by molar-refractivity contribution is -0.385. The SMILES string of the molecule is COc1cc(C=C(C#N)c2nnc3n2CCCCC3)c([N+](=O)[O-])cc1O. The van der Waals surface area contributed by atoms with Crippen LogP contribution in [-0.4, -0.2) is 31.9 Å². The van der Waals surface area contributed by atoms with Crippen LogP contribution in [0.1, 0.15) is 36.5 Å². The number of aryl methyl sites for hydroxylation is 1. The number of hydrogen-bond donors (Lipinski definition) is 1. The number of nitriles is 1. The van der Waals surface area contributed by atoms with Gasteiger partial charge in [-0.1, -0.05) is 6.42 Å². The van der Waals surface area contributed by atoms with Gasteiger partial charge in [0.15, 0.2) is 17.3 Å². The molecule has 0 atom stereocenters. The lowest BCUT2D eigenvalue weighted by Crippen LogP contribution is -2.05. The van der Waals surface area contributed by atoms with Crippen molar-refractivity contribution >= 4 is 17.3 Å². The number of methoxy groups -OCH3 is 1. The average molecular weight is 355 g/mol. The molecule has 0 radical (unpaired) electrons. The van der Waals surface area contributed by atoms with Crippen molar-refractivity contribution in [2.24, 2.45) is 0 Å². The van der Waals surface area contributed by atoms with E-state index in [1.54, 1.807) is 0 Å². The molecule has 0 saturated heterocycles. The number of aromatic nitrogens is 3. The molecule has 0 saturated carbocycles. The van der Waals surface area contributed by atoms with Crippen LogP contribution in [0.3, 0.4) is 0 Å². The molecular weight excluding hydrogens is 338 g/mol. The Labute approximate surface area is 149 Å². The van der Waals surface area contributed by atoms with Gasteiger partial charge in [-0.3, -0.25) is 10.1 Å². The predicted molar refractivity (Wildman–Crippen MR) is 92.4 cm³/mol. The number of nitro groups is 1. The van der Waals surface area contributed by atoms with E-state index in [4.69, 9.17) is 4.74 Å². The van der Waals surface area contributed by atoms with Gasteiger partial charge < -0.3 is 14.4 Å². The van der Waals surface area contributed by atoms with Crippen LogP contribution in [0.2, 0.25) is 0 Å². The van der Waals surface area contributed by atoms with Gasteiger partial charge in [-0.2, -0.15) is 5.26 Å². The summed E-state index contributed by atoms with van der Waals surface area (Å²) in [5.41, 5.74) is -0.0136. The van der Waals surface area contributed by atoms with Gasteiger partial charge in [0.1, 0.15) is 11.9 Å². The van der Waals surface area contributed by atoms with E-state index in [0.29, 0.717) is 12.4 Å². The van der Waals surface area contributed by atoms with Gasteiger partial charge in [-0.15, -0.1) is 10.2 Å². The quantitative estimate of drug-likeness (QED) is 0.507. The van der Waals surface area contributed by atoms with E-state index in [-0.39, 0.29) is 28.3 Å². The first-order chi connectivity index (χ1) is 12.5. The maximum absolute atomic E-state index is 11.3. The van der Waals surface area contributed by atoms with Gasteiger partial charge in [0.2, 0.25) is 0 Å². The van der Waals surface area contributed by atoms with Gasteiger partial charge in [0.05, 0.1) is 29.2 Å². The van der Waals surface area contributed by atoms with Gasteiger partial charge in [0.25, 0.3) is 5.69 Å². The highest BCUT2D eigenvalue weighted by molar-refractivity contribution is 5.89. The molecule has 0 bridgehead atoms. The monoisotopic (exact) mass is 355 g/mol. The highest BCUT2D eigenvalue weighted by atomic mass is 16.6. The second kappa shape index (κ2) is 7.23. The number of fused-ring (bicyclic) bond motifs is 1. The highest BCUT2D eigenvalue weighted by Gasteiger charge is 2.21. The van der Waals surface area contributed by atoms with Crippen molar-refractivity contribution in [2.45, 2.75) is 32.2 Å². The summed E-state index contributed by atoms with van der Waals surface area (Å²) in [5, 5.41) is 39.0. The van der Waals surface area contributed by atoms with Crippen molar-refractivity contribution in [3.63, 3.8) is 0 Å². The van der Waals surface area contributed by atoms with Crippen LogP contribution in [0.4, 0.5) is 5.69 Å². The number of nitro benzene ring substituents is 1. The molecule has 2 aromatic rings. The number of ether oxygens (including phenoxy) is 1. The fraction of sp³-hybridized carbons (Fsp3) is 0.353. The zero-order valence-corrected chi connectivity index (χ0v) is 14.2. The fourth-order valence-corrected chi connectivity index (χ4v) is 3.00. The first-order valence-corrected chi connectivity index (χ1v) is 8.14. The maximum Gasteiger partial charge on any atom is 0.280 e. The Balaban J connectivity index is 2.12. The van der Waals surface area contributed by atoms with E-state index >= 15 is 0 Å². The first kappa shape index (κ1) is 17.4. The Kier molecular flexibility index (Phi) is 4.84. The third-order valence-electron chi connectivity index (χ3n) is 4.30. The van der Waals surface area contributed by atoms with Crippen LogP contribution < -0.4 is 4.74 Å². The molecule has 9 nitrogen and oxygen atoms in total. The first-order valence-electron chi connectivity index (χ1n) is 8.14. The summed E-state index contributed by atoms with van der Waals surface area (Å²) < 4.78 is 6.91. The molecule has 2 heterocycles. The van der Waals surface area contributed by atoms with Crippen molar-refractivity contribution in [3.05, 3.63) is 39.5 Å². The normalized spacial score (nSPS) is 14.2. The van der Waals surface area contributed by atoms with Crippen LogP contribution in [-0.2, 0) is 13.0 Å². The third-order valence-corrected chi connectivity index (χ3v) is 4.30. The summed E-state index contributed by atoms with van der Waals surface area (Å²) in [6.45, 7) is 0.706. The molecule has 3 rings (SSSR count). The Bertz CT molecular complexity index is 926. The fourth-order valence-electron chi connectivity index (χ4n) is 3.00. The number of phenols is 1. The summed E-state index contributed by atoms with van der Waals surface area (Å²) in [7, 11) is 1.35. The minimum Gasteiger partial charge on any atom is -0.504 e. The largest absolute Gasteiger partial charge is 0.504 e. The van der Waals surface area contributed by atoms with E-state index in [9.17, 15) is 20.5 Å². The number of phenolic OH excluding ortho intramolecular Hbond substituents is 1.